The number of halogens is 1. The molecule has 1 aliphatic heterocycles. The first kappa shape index (κ1) is 23.5. The largest absolute Gasteiger partial charge is 0.338 e. The molecule has 2 aromatic heterocycles. The Hall–Kier alpha value is -4.20. The molecule has 5 rings (SSSR count). The number of hydrogen-bond donors (Lipinski definition) is 1. The van der Waals surface area contributed by atoms with Gasteiger partial charge in [-0.25, -0.2) is 9.07 Å². The van der Waals surface area contributed by atoms with Gasteiger partial charge >= 0.3 is 0 Å². The van der Waals surface area contributed by atoms with Gasteiger partial charge in [0.15, 0.2) is 5.82 Å². The summed E-state index contributed by atoms with van der Waals surface area (Å²) in [6.07, 6.45) is 6.68. The van der Waals surface area contributed by atoms with Crippen molar-refractivity contribution in [1.29, 1.82) is 0 Å². The summed E-state index contributed by atoms with van der Waals surface area (Å²) in [4.78, 5) is 28.6. The third-order valence-corrected chi connectivity index (χ3v) is 6.70. The minimum atomic E-state index is -0.344. The number of anilines is 1. The first-order valence-corrected chi connectivity index (χ1v) is 12.1. The van der Waals surface area contributed by atoms with Gasteiger partial charge in [0.05, 0.1) is 17.8 Å². The van der Waals surface area contributed by atoms with Crippen molar-refractivity contribution in [2.75, 3.05) is 18.4 Å². The van der Waals surface area contributed by atoms with Gasteiger partial charge < -0.3 is 14.8 Å². The molecular formula is C28H28FN5O2. The van der Waals surface area contributed by atoms with E-state index in [2.05, 4.69) is 10.4 Å². The van der Waals surface area contributed by atoms with Crippen molar-refractivity contribution in [1.82, 2.24) is 19.2 Å². The predicted molar refractivity (Wildman–Crippen MR) is 136 cm³/mol. The lowest BCUT2D eigenvalue weighted by Crippen LogP contribution is -2.44. The molecule has 1 N–H and O–H groups in total. The van der Waals surface area contributed by atoms with E-state index in [-0.39, 0.29) is 23.5 Å². The summed E-state index contributed by atoms with van der Waals surface area (Å²) in [6.45, 7) is 4.85. The molecule has 0 aliphatic carbocycles. The van der Waals surface area contributed by atoms with Crippen LogP contribution in [0.25, 0.3) is 11.5 Å². The maximum Gasteiger partial charge on any atom is 0.259 e. The van der Waals surface area contributed by atoms with Crippen LogP contribution in [-0.4, -0.2) is 44.2 Å². The molecule has 0 saturated carbocycles. The van der Waals surface area contributed by atoms with Crippen molar-refractivity contribution in [2.24, 2.45) is 5.92 Å². The Morgan fingerprint density at radius 2 is 1.69 bits per heavy atom. The van der Waals surface area contributed by atoms with Crippen LogP contribution in [0.2, 0.25) is 0 Å². The van der Waals surface area contributed by atoms with E-state index in [1.807, 2.05) is 61.1 Å². The zero-order valence-electron chi connectivity index (χ0n) is 20.3. The number of para-hydroxylation sites is 1. The van der Waals surface area contributed by atoms with E-state index in [0.717, 1.165) is 29.7 Å². The molecule has 2 amide bonds. The summed E-state index contributed by atoms with van der Waals surface area (Å²) >= 11 is 0. The second-order valence-corrected chi connectivity index (χ2v) is 9.21. The lowest BCUT2D eigenvalue weighted by molar-refractivity contribution is -0.121. The highest BCUT2D eigenvalue weighted by atomic mass is 19.1. The minimum absolute atomic E-state index is 0.0717. The van der Waals surface area contributed by atoms with Crippen molar-refractivity contribution in [3.8, 4) is 11.5 Å². The number of carbonyl (C=O) groups is 2. The maximum absolute atomic E-state index is 13.7. The van der Waals surface area contributed by atoms with Gasteiger partial charge in [-0.15, -0.1) is 0 Å². The molecule has 0 spiro atoms. The molecule has 7 nitrogen and oxygen atoms in total. The average molecular weight is 486 g/mol. The molecule has 4 aromatic rings. The average Bonchev–Trinajstić information content (AvgIpc) is 3.56. The second-order valence-electron chi connectivity index (χ2n) is 9.21. The number of aryl methyl sites for hydroxylation is 2. The fraction of sp³-hybridized carbons (Fsp3) is 0.250. The molecule has 2 aromatic carbocycles. The predicted octanol–water partition coefficient (Wildman–Crippen LogP) is 4.91. The van der Waals surface area contributed by atoms with Gasteiger partial charge in [-0.1, -0.05) is 18.2 Å². The smallest absolute Gasteiger partial charge is 0.259 e. The highest BCUT2D eigenvalue weighted by Gasteiger charge is 2.32. The third kappa shape index (κ3) is 4.54. The lowest BCUT2D eigenvalue weighted by atomic mass is 9.96. The zero-order chi connectivity index (χ0) is 25.2. The van der Waals surface area contributed by atoms with Crippen LogP contribution in [0.1, 0.15) is 34.3 Å². The second kappa shape index (κ2) is 9.81. The third-order valence-electron chi connectivity index (χ3n) is 6.70. The topological polar surface area (TPSA) is 72.2 Å². The van der Waals surface area contributed by atoms with E-state index in [9.17, 15) is 14.0 Å². The first-order chi connectivity index (χ1) is 17.4. The van der Waals surface area contributed by atoms with Crippen LogP contribution in [0.15, 0.2) is 73.2 Å². The summed E-state index contributed by atoms with van der Waals surface area (Å²) in [6, 6.07) is 15.6. The quantitative estimate of drug-likeness (QED) is 0.437. The Balaban J connectivity index is 1.40. The first-order valence-electron chi connectivity index (χ1n) is 12.1. The van der Waals surface area contributed by atoms with Crippen molar-refractivity contribution in [3.05, 3.63) is 95.7 Å². The van der Waals surface area contributed by atoms with Crippen LogP contribution in [-0.2, 0) is 4.79 Å². The van der Waals surface area contributed by atoms with E-state index in [1.54, 1.807) is 27.9 Å². The molecular weight excluding hydrogens is 457 g/mol. The van der Waals surface area contributed by atoms with E-state index in [1.165, 1.54) is 12.1 Å². The SMILES string of the molecule is Cc1cccc(C)c1NC(=O)C1CCCN(C(=O)c2cnn(-c3ccc(F)cc3)c2-n2cccc2)C1. The van der Waals surface area contributed by atoms with Crippen LogP contribution in [0.5, 0.6) is 0 Å². The molecule has 3 heterocycles. The van der Waals surface area contributed by atoms with Gasteiger partial charge in [0.25, 0.3) is 5.91 Å². The molecule has 36 heavy (non-hydrogen) atoms. The standard InChI is InChI=1S/C28H28FN5O2/c1-19-7-5-8-20(2)25(19)31-26(35)21-9-6-16-33(18-21)28(36)24-17-30-34(23-12-10-22(29)11-13-23)27(24)32-14-3-4-15-32/h3-5,7-8,10-15,17,21H,6,9,16,18H2,1-2H3,(H,31,35). The summed E-state index contributed by atoms with van der Waals surface area (Å²) in [7, 11) is 0. The number of nitrogens with one attached hydrogen (secondary N) is 1. The molecule has 1 aliphatic rings. The van der Waals surface area contributed by atoms with Gasteiger partial charge in [-0.05, 0) is 74.2 Å². The van der Waals surface area contributed by atoms with E-state index < -0.39 is 0 Å². The van der Waals surface area contributed by atoms with E-state index in [0.29, 0.717) is 30.2 Å². The van der Waals surface area contributed by atoms with Gasteiger partial charge in [-0.2, -0.15) is 5.10 Å². The van der Waals surface area contributed by atoms with Crippen LogP contribution < -0.4 is 5.32 Å². The number of nitrogens with zero attached hydrogens (tertiary/aromatic N) is 4. The van der Waals surface area contributed by atoms with Gasteiger partial charge in [0.1, 0.15) is 11.4 Å². The Labute approximate surface area is 209 Å². The number of likely N-dealkylation sites (tertiary alicyclic amines) is 1. The summed E-state index contributed by atoms with van der Waals surface area (Å²) in [5.74, 6) is -0.333. The van der Waals surface area contributed by atoms with Crippen LogP contribution in [0.3, 0.4) is 0 Å². The van der Waals surface area contributed by atoms with Crippen molar-refractivity contribution < 1.29 is 14.0 Å². The summed E-state index contributed by atoms with van der Waals surface area (Å²) < 4.78 is 17.0. The number of aromatic nitrogens is 3. The van der Waals surface area contributed by atoms with Gasteiger partial charge in [0.2, 0.25) is 5.91 Å². The Morgan fingerprint density at radius 3 is 2.39 bits per heavy atom. The number of benzene rings is 2. The molecule has 1 saturated heterocycles. The van der Waals surface area contributed by atoms with E-state index >= 15 is 0 Å². The fourth-order valence-corrected chi connectivity index (χ4v) is 4.77. The van der Waals surface area contributed by atoms with E-state index in [4.69, 9.17) is 0 Å². The van der Waals surface area contributed by atoms with Crippen LogP contribution in [0, 0.1) is 25.6 Å². The normalized spacial score (nSPS) is 15.6. The molecule has 1 fully saturated rings. The van der Waals surface area contributed by atoms with Gasteiger partial charge in [0, 0.05) is 31.2 Å². The maximum atomic E-state index is 13.7. The van der Waals surface area contributed by atoms with Gasteiger partial charge in [-0.3, -0.25) is 9.59 Å². The fourth-order valence-electron chi connectivity index (χ4n) is 4.77. The number of hydrogen-bond acceptors (Lipinski definition) is 3. The molecule has 0 bridgehead atoms. The molecule has 1 unspecified atom stereocenters. The van der Waals surface area contributed by atoms with Crippen molar-refractivity contribution in [3.63, 3.8) is 0 Å². The number of amides is 2. The number of piperidine rings is 1. The number of rotatable bonds is 5. The van der Waals surface area contributed by atoms with Crippen LogP contribution in [0.4, 0.5) is 10.1 Å². The highest BCUT2D eigenvalue weighted by Crippen LogP contribution is 2.26. The lowest BCUT2D eigenvalue weighted by Gasteiger charge is -2.32. The molecule has 1 atom stereocenters. The summed E-state index contributed by atoms with van der Waals surface area (Å²) in [5, 5.41) is 7.55. The molecule has 0 radical (unpaired) electrons. The Kier molecular flexibility index (Phi) is 6.41. The van der Waals surface area contributed by atoms with Crippen molar-refractivity contribution >= 4 is 17.5 Å². The number of carbonyl (C=O) groups excluding carboxylic acids is 2. The molecule has 184 valence electrons. The Bertz CT molecular complexity index is 1370. The van der Waals surface area contributed by atoms with Crippen LogP contribution >= 0.6 is 0 Å². The Morgan fingerprint density at radius 1 is 1.00 bits per heavy atom. The summed E-state index contributed by atoms with van der Waals surface area (Å²) in [5.41, 5.74) is 3.92. The zero-order valence-corrected chi connectivity index (χ0v) is 20.3. The monoisotopic (exact) mass is 485 g/mol. The van der Waals surface area contributed by atoms with Crippen molar-refractivity contribution in [2.45, 2.75) is 26.7 Å². The minimum Gasteiger partial charge on any atom is -0.338 e. The molecule has 8 heteroatoms. The highest BCUT2D eigenvalue weighted by molar-refractivity contribution is 5.99.